The topological polar surface area (TPSA) is 241 Å². The summed E-state index contributed by atoms with van der Waals surface area (Å²) in [5.41, 5.74) is -1.97. The zero-order valence-corrected chi connectivity index (χ0v) is 34.1. The Hall–Kier alpha value is -8.53. The second-order valence-electron chi connectivity index (χ2n) is 14.0. The number of carboxylic acid groups (broad SMARTS) is 1. The molecule has 1 atom stereocenters. The monoisotopic (exact) mass is 896 g/mol. The highest BCUT2D eigenvalue weighted by Gasteiger charge is 2.38. The first kappa shape index (κ1) is 47.5. The van der Waals surface area contributed by atoms with Crippen molar-refractivity contribution < 1.29 is 71.1 Å². The second-order valence-corrected chi connectivity index (χ2v) is 14.0. The van der Waals surface area contributed by atoms with Crippen LogP contribution >= 0.6 is 0 Å². The molecule has 15 nitrogen and oxygen atoms in total. The molecule has 0 heterocycles. The number of rotatable bonds is 17. The molecule has 0 unspecified atom stereocenters. The molecule has 65 heavy (non-hydrogen) atoms. The van der Waals surface area contributed by atoms with Crippen molar-refractivity contribution in [1.29, 1.82) is 5.26 Å². The number of Topliss-reactive ketones (excluding diaryl/α,β-unsaturated/α-hetero) is 2. The van der Waals surface area contributed by atoms with E-state index in [1.807, 2.05) is 6.07 Å². The molecule has 0 spiro atoms. The number of nitriles is 1. The fourth-order valence-electron chi connectivity index (χ4n) is 6.29. The van der Waals surface area contributed by atoms with Crippen LogP contribution in [0.15, 0.2) is 103 Å². The molecule has 0 saturated carbocycles. The number of nitrogens with one attached hydrogen (secondary N) is 3. The number of ketones is 2. The number of hydrogen-bond donors (Lipinski definition) is 6. The summed E-state index contributed by atoms with van der Waals surface area (Å²) < 4.78 is 64.8. The van der Waals surface area contributed by atoms with Gasteiger partial charge in [0, 0.05) is 36.1 Å². The number of amides is 3. The van der Waals surface area contributed by atoms with Gasteiger partial charge in [-0.2, -0.15) is 18.4 Å². The van der Waals surface area contributed by atoms with E-state index in [0.717, 1.165) is 43.5 Å². The van der Waals surface area contributed by atoms with E-state index in [9.17, 15) is 66.9 Å². The van der Waals surface area contributed by atoms with Gasteiger partial charge in [-0.3, -0.25) is 24.0 Å². The number of methoxy groups -OCH3 is 2. The summed E-state index contributed by atoms with van der Waals surface area (Å²) in [7, 11) is 2.31. The summed E-state index contributed by atoms with van der Waals surface area (Å²) in [6.07, 6.45) is -5.83. The number of halogens is 4. The minimum Gasteiger partial charge on any atom is -0.504 e. The van der Waals surface area contributed by atoms with Gasteiger partial charge in [0.1, 0.15) is 11.4 Å². The third kappa shape index (κ3) is 11.7. The predicted octanol–water partition coefficient (Wildman–Crippen LogP) is 7.96. The van der Waals surface area contributed by atoms with E-state index in [0.29, 0.717) is 6.08 Å². The molecule has 19 heteroatoms. The van der Waals surface area contributed by atoms with Crippen LogP contribution in [0.1, 0.15) is 65.4 Å². The van der Waals surface area contributed by atoms with Crippen molar-refractivity contribution in [2.45, 2.75) is 25.4 Å². The van der Waals surface area contributed by atoms with Crippen molar-refractivity contribution in [3.63, 3.8) is 0 Å². The maximum absolute atomic E-state index is 13.8. The van der Waals surface area contributed by atoms with Gasteiger partial charge in [0.15, 0.2) is 34.6 Å². The van der Waals surface area contributed by atoms with Crippen LogP contribution in [0.2, 0.25) is 0 Å². The average molecular weight is 897 g/mol. The van der Waals surface area contributed by atoms with E-state index >= 15 is 0 Å². The van der Waals surface area contributed by atoms with Crippen molar-refractivity contribution in [3.8, 4) is 29.1 Å². The zero-order chi connectivity index (χ0) is 47.6. The van der Waals surface area contributed by atoms with Crippen molar-refractivity contribution in [1.82, 2.24) is 0 Å². The number of carbonyl (C=O) groups excluding carboxylic acids is 5. The fourth-order valence-corrected chi connectivity index (χ4v) is 6.29. The zero-order valence-electron chi connectivity index (χ0n) is 34.1. The van der Waals surface area contributed by atoms with Crippen LogP contribution in [-0.2, 0) is 16.0 Å². The summed E-state index contributed by atoms with van der Waals surface area (Å²) >= 11 is 0. The molecule has 0 bridgehead atoms. The number of ether oxygens (including phenoxy) is 2. The van der Waals surface area contributed by atoms with Gasteiger partial charge in [-0.25, -0.2) is 9.18 Å². The number of anilines is 3. The number of carboxylic acids is 1. The summed E-state index contributed by atoms with van der Waals surface area (Å²) in [4.78, 5) is 76.7. The first-order valence-corrected chi connectivity index (χ1v) is 19.0. The third-order valence-electron chi connectivity index (χ3n) is 9.62. The molecule has 3 amide bonds. The molecule has 5 rings (SSSR count). The number of aromatic hydroxyl groups is 2. The van der Waals surface area contributed by atoms with Crippen LogP contribution < -0.4 is 25.4 Å². The molecule has 0 saturated heterocycles. The number of nitrogens with zero attached hydrogens (tertiary/aromatic N) is 1. The lowest BCUT2D eigenvalue weighted by Gasteiger charge is -2.16. The van der Waals surface area contributed by atoms with Crippen molar-refractivity contribution in [2.24, 2.45) is 5.92 Å². The Morgan fingerprint density at radius 3 is 1.80 bits per heavy atom. The van der Waals surface area contributed by atoms with E-state index in [2.05, 4.69) is 16.0 Å². The van der Waals surface area contributed by atoms with Gasteiger partial charge in [0.05, 0.1) is 48.7 Å². The quantitative estimate of drug-likeness (QED) is 0.0296. The smallest absolute Gasteiger partial charge is 0.419 e. The SMILES string of the molecule is COc1c(NC(=O)c2ccc(NC(=O)c3ccc(NC(=O)[C@H](CC#N)CC(=O)c4ccc(CC(=O)/C(=C/c5ccc(F)cc5)C(F)(F)F)cc4)cc3)c(OC)c2O)ccc(C(=O)O)c1O. The van der Waals surface area contributed by atoms with Crippen LogP contribution in [0.25, 0.3) is 6.08 Å². The maximum Gasteiger partial charge on any atom is 0.419 e. The lowest BCUT2D eigenvalue weighted by Crippen LogP contribution is -2.25. The summed E-state index contributed by atoms with van der Waals surface area (Å²) in [5, 5.41) is 47.4. The largest absolute Gasteiger partial charge is 0.504 e. The molecule has 0 aliphatic carbocycles. The fraction of sp³-hybridized carbons (Fsp3) is 0.152. The minimum absolute atomic E-state index is 0.0297. The van der Waals surface area contributed by atoms with E-state index in [1.165, 1.54) is 67.8 Å². The van der Waals surface area contributed by atoms with Gasteiger partial charge in [-0.15, -0.1) is 0 Å². The molecular formula is C46H36F4N4O11. The Bertz CT molecular complexity index is 2730. The normalized spacial score (nSPS) is 11.7. The Morgan fingerprint density at radius 2 is 1.26 bits per heavy atom. The number of carbonyl (C=O) groups is 6. The van der Waals surface area contributed by atoms with E-state index < -0.39 is 88.6 Å². The van der Waals surface area contributed by atoms with Crippen LogP contribution in [0, 0.1) is 23.1 Å². The predicted molar refractivity (Wildman–Crippen MR) is 226 cm³/mol. The number of alkyl halides is 3. The van der Waals surface area contributed by atoms with Gasteiger partial charge in [-0.05, 0) is 77.9 Å². The van der Waals surface area contributed by atoms with Crippen molar-refractivity contribution in [2.75, 3.05) is 30.2 Å². The van der Waals surface area contributed by atoms with Crippen LogP contribution in [0.5, 0.6) is 23.0 Å². The van der Waals surface area contributed by atoms with Crippen molar-refractivity contribution in [3.05, 3.63) is 142 Å². The summed E-state index contributed by atoms with van der Waals surface area (Å²) in [6, 6.07) is 21.2. The lowest BCUT2D eigenvalue weighted by molar-refractivity contribution is -0.128. The molecule has 0 aromatic heterocycles. The molecule has 5 aromatic carbocycles. The molecule has 0 radical (unpaired) electrons. The van der Waals surface area contributed by atoms with Gasteiger partial charge in [-0.1, -0.05) is 36.4 Å². The molecule has 6 N–H and O–H groups in total. The highest BCUT2D eigenvalue weighted by atomic mass is 19.4. The molecule has 0 aliphatic heterocycles. The van der Waals surface area contributed by atoms with Gasteiger partial charge < -0.3 is 40.7 Å². The number of aromatic carboxylic acids is 1. The van der Waals surface area contributed by atoms with E-state index in [4.69, 9.17) is 9.47 Å². The molecule has 0 aliphatic rings. The van der Waals surface area contributed by atoms with E-state index in [1.54, 1.807) is 0 Å². The Morgan fingerprint density at radius 1 is 0.723 bits per heavy atom. The number of phenolic OH excluding ortho intramolecular Hbond substituents is 1. The first-order valence-electron chi connectivity index (χ1n) is 19.0. The van der Waals surface area contributed by atoms with Gasteiger partial charge in [0.2, 0.25) is 5.91 Å². The number of phenols is 2. The summed E-state index contributed by atoms with van der Waals surface area (Å²) in [5.74, 6) is -9.48. The van der Waals surface area contributed by atoms with E-state index in [-0.39, 0.29) is 62.8 Å². The summed E-state index contributed by atoms with van der Waals surface area (Å²) in [6.45, 7) is 0. The standard InChI is InChI=1S/C46H36F4N4O11/c1-64-40-34(17-15-31(38(40)57)44(61)54-35-18-16-32(45(62)63)39(58)41(35)65-2)53-42(59)27-9-13-30(14-10-27)52-43(60)28(19-20-51)23-36(55)26-7-3-25(4-8-26)22-37(56)33(46(48,49)50)21-24-5-11-29(47)12-6-24/h3-18,21,28,57-58H,19,22-23H2,1-2H3,(H,52,60)(H,53,59)(H,54,61)(H,62,63)/b33-21-/t28-/m1/s1. The minimum atomic E-state index is -5.00. The Kier molecular flexibility index (Phi) is 15.0. The Labute approximate surface area is 366 Å². The van der Waals surface area contributed by atoms with Crippen LogP contribution in [-0.4, -0.2) is 71.0 Å². The molecular weight excluding hydrogens is 861 g/mol. The maximum atomic E-state index is 13.8. The Balaban J connectivity index is 1.20. The highest BCUT2D eigenvalue weighted by Crippen LogP contribution is 2.41. The van der Waals surface area contributed by atoms with Gasteiger partial charge in [0.25, 0.3) is 11.8 Å². The van der Waals surface area contributed by atoms with Gasteiger partial charge >= 0.3 is 12.1 Å². The van der Waals surface area contributed by atoms with Crippen LogP contribution in [0.4, 0.5) is 34.6 Å². The third-order valence-corrected chi connectivity index (χ3v) is 9.62. The number of allylic oxidation sites excluding steroid dienone is 1. The number of hydrogen-bond acceptors (Lipinski definition) is 11. The molecule has 334 valence electrons. The molecule has 0 fully saturated rings. The first-order chi connectivity index (χ1) is 30.8. The number of benzene rings is 5. The van der Waals surface area contributed by atoms with Crippen molar-refractivity contribution >= 4 is 58.4 Å². The van der Waals surface area contributed by atoms with Crippen LogP contribution in [0.3, 0.4) is 0 Å². The molecule has 5 aromatic rings. The second kappa shape index (κ2) is 20.6. The average Bonchev–Trinajstić information content (AvgIpc) is 3.26. The lowest BCUT2D eigenvalue weighted by atomic mass is 9.93. The highest BCUT2D eigenvalue weighted by molar-refractivity contribution is 6.10.